The summed E-state index contributed by atoms with van der Waals surface area (Å²) in [5, 5.41) is 7.29. The number of rotatable bonds is 9. The fourth-order valence-electron chi connectivity index (χ4n) is 2.04. The summed E-state index contributed by atoms with van der Waals surface area (Å²) in [6.07, 6.45) is 1.66. The highest BCUT2D eigenvalue weighted by molar-refractivity contribution is 7.80. The molecule has 0 bridgehead atoms. The molecule has 0 fully saturated rings. The van der Waals surface area contributed by atoms with Gasteiger partial charge >= 0.3 is 0 Å². The molecule has 2 aromatic rings. The van der Waals surface area contributed by atoms with E-state index in [1.807, 2.05) is 55.5 Å². The summed E-state index contributed by atoms with van der Waals surface area (Å²) in [6.45, 7) is 3.33. The number of hydrogen-bond acceptors (Lipinski definition) is 5. The zero-order valence-electron chi connectivity index (χ0n) is 14.9. The summed E-state index contributed by atoms with van der Waals surface area (Å²) in [7, 11) is 1.73. The van der Waals surface area contributed by atoms with Crippen LogP contribution < -0.4 is 25.0 Å². The second-order valence-electron chi connectivity index (χ2n) is 5.10. The molecular formula is C19H23N3O3S. The monoisotopic (exact) mass is 373 g/mol. The Bertz CT molecular complexity index is 723. The molecule has 0 spiro atoms. The molecular weight excluding hydrogens is 350 g/mol. The molecule has 2 N–H and O–H groups in total. The van der Waals surface area contributed by atoms with Gasteiger partial charge in [-0.3, -0.25) is 5.43 Å². The molecule has 0 aliphatic rings. The zero-order chi connectivity index (χ0) is 18.6. The van der Waals surface area contributed by atoms with E-state index in [-0.39, 0.29) is 0 Å². The summed E-state index contributed by atoms with van der Waals surface area (Å²) >= 11 is 4.96. The van der Waals surface area contributed by atoms with Gasteiger partial charge in [0.25, 0.3) is 0 Å². The Morgan fingerprint density at radius 2 is 1.81 bits per heavy atom. The Morgan fingerprint density at radius 3 is 2.54 bits per heavy atom. The second-order valence-corrected chi connectivity index (χ2v) is 5.51. The summed E-state index contributed by atoms with van der Waals surface area (Å²) in [5.41, 5.74) is 3.57. The van der Waals surface area contributed by atoms with E-state index in [4.69, 9.17) is 26.4 Å². The predicted octanol–water partition coefficient (Wildman–Crippen LogP) is 2.97. The van der Waals surface area contributed by atoms with Crippen LogP contribution in [0.15, 0.2) is 53.6 Å². The van der Waals surface area contributed by atoms with Gasteiger partial charge in [0, 0.05) is 7.05 Å². The van der Waals surface area contributed by atoms with Crippen molar-refractivity contribution in [1.82, 2.24) is 10.7 Å². The molecule has 26 heavy (non-hydrogen) atoms. The Labute approximate surface area is 159 Å². The number of ether oxygens (including phenoxy) is 3. The summed E-state index contributed by atoms with van der Waals surface area (Å²) in [6, 6.07) is 15.2. The molecule has 0 saturated carbocycles. The number of nitrogens with one attached hydrogen (secondary N) is 2. The lowest BCUT2D eigenvalue weighted by molar-refractivity contribution is 0.208. The van der Waals surface area contributed by atoms with Crippen LogP contribution in [0, 0.1) is 0 Å². The molecule has 0 unspecified atom stereocenters. The first-order valence-electron chi connectivity index (χ1n) is 8.31. The Morgan fingerprint density at radius 1 is 1.04 bits per heavy atom. The number of para-hydroxylation sites is 1. The van der Waals surface area contributed by atoms with Crippen molar-refractivity contribution < 1.29 is 14.2 Å². The Balaban J connectivity index is 1.91. The highest BCUT2D eigenvalue weighted by Gasteiger charge is 2.06. The van der Waals surface area contributed by atoms with E-state index < -0.39 is 0 Å². The lowest BCUT2D eigenvalue weighted by Gasteiger charge is -2.13. The average Bonchev–Trinajstić information content (AvgIpc) is 2.67. The molecule has 0 heterocycles. The molecule has 138 valence electrons. The van der Waals surface area contributed by atoms with Gasteiger partial charge in [-0.1, -0.05) is 18.2 Å². The van der Waals surface area contributed by atoms with Gasteiger partial charge in [0.2, 0.25) is 0 Å². The number of benzene rings is 2. The van der Waals surface area contributed by atoms with Gasteiger partial charge in [0.1, 0.15) is 19.0 Å². The topological polar surface area (TPSA) is 64.1 Å². The van der Waals surface area contributed by atoms with Crippen LogP contribution in [0.25, 0.3) is 0 Å². The third-order valence-electron chi connectivity index (χ3n) is 3.23. The van der Waals surface area contributed by atoms with E-state index in [0.29, 0.717) is 36.4 Å². The molecule has 0 aliphatic carbocycles. The third kappa shape index (κ3) is 6.60. The van der Waals surface area contributed by atoms with Crippen molar-refractivity contribution in [3.63, 3.8) is 0 Å². The largest absolute Gasteiger partial charge is 0.490 e. The molecule has 0 atom stereocenters. The maximum Gasteiger partial charge on any atom is 0.186 e. The molecule has 0 aromatic heterocycles. The van der Waals surface area contributed by atoms with Gasteiger partial charge in [-0.05, 0) is 55.0 Å². The zero-order valence-corrected chi connectivity index (χ0v) is 15.7. The molecule has 0 saturated heterocycles. The first-order chi connectivity index (χ1) is 12.7. The maximum atomic E-state index is 5.79. The van der Waals surface area contributed by atoms with Crippen LogP contribution in [0.3, 0.4) is 0 Å². The van der Waals surface area contributed by atoms with Crippen LogP contribution in [-0.4, -0.2) is 38.2 Å². The number of nitrogens with zero attached hydrogens (tertiary/aromatic N) is 1. The fourth-order valence-corrected chi connectivity index (χ4v) is 2.09. The van der Waals surface area contributed by atoms with Gasteiger partial charge in [-0.15, -0.1) is 0 Å². The smallest absolute Gasteiger partial charge is 0.186 e. The van der Waals surface area contributed by atoms with Gasteiger partial charge in [0.15, 0.2) is 16.6 Å². The SMILES string of the molecule is CCOc1cc(/C=N/NC(=S)NC)ccc1OCCOc1ccccc1. The van der Waals surface area contributed by atoms with Crippen LogP contribution in [0.1, 0.15) is 12.5 Å². The highest BCUT2D eigenvalue weighted by Crippen LogP contribution is 2.28. The minimum absolute atomic E-state index is 0.417. The van der Waals surface area contributed by atoms with Gasteiger partial charge in [-0.2, -0.15) is 5.10 Å². The van der Waals surface area contributed by atoms with Crippen molar-refractivity contribution in [2.24, 2.45) is 5.10 Å². The summed E-state index contributed by atoms with van der Waals surface area (Å²) < 4.78 is 17.1. The van der Waals surface area contributed by atoms with Crippen LogP contribution in [0.4, 0.5) is 0 Å². The standard InChI is InChI=1S/C19H23N3O3S/c1-3-23-18-13-15(14-21-22-19(26)20-2)9-10-17(18)25-12-11-24-16-7-5-4-6-8-16/h4-10,13-14H,3,11-12H2,1-2H3,(H2,20,22,26)/b21-14+. The Hall–Kier alpha value is -2.80. The average molecular weight is 373 g/mol. The first-order valence-corrected chi connectivity index (χ1v) is 8.72. The lowest BCUT2D eigenvalue weighted by atomic mass is 10.2. The number of hydrogen-bond donors (Lipinski definition) is 2. The van der Waals surface area contributed by atoms with Crippen molar-refractivity contribution in [2.75, 3.05) is 26.9 Å². The van der Waals surface area contributed by atoms with Gasteiger partial charge in [0.05, 0.1) is 12.8 Å². The Kier molecular flexibility index (Phi) is 8.21. The van der Waals surface area contributed by atoms with E-state index in [1.54, 1.807) is 13.3 Å². The van der Waals surface area contributed by atoms with E-state index in [2.05, 4.69) is 15.8 Å². The summed E-state index contributed by atoms with van der Waals surface area (Å²) in [4.78, 5) is 0. The van der Waals surface area contributed by atoms with Gasteiger partial charge in [-0.25, -0.2) is 0 Å². The molecule has 0 radical (unpaired) electrons. The maximum absolute atomic E-state index is 5.79. The normalized spacial score (nSPS) is 10.4. The lowest BCUT2D eigenvalue weighted by Crippen LogP contribution is -2.28. The van der Waals surface area contributed by atoms with E-state index >= 15 is 0 Å². The fraction of sp³-hybridized carbons (Fsp3) is 0.263. The van der Waals surface area contributed by atoms with Crippen LogP contribution >= 0.6 is 12.2 Å². The summed E-state index contributed by atoms with van der Waals surface area (Å²) in [5.74, 6) is 2.14. The third-order valence-corrected chi connectivity index (χ3v) is 3.52. The molecule has 7 heteroatoms. The first kappa shape index (κ1) is 19.5. The van der Waals surface area contributed by atoms with Crippen LogP contribution in [0.5, 0.6) is 17.2 Å². The minimum Gasteiger partial charge on any atom is -0.490 e. The minimum atomic E-state index is 0.417. The second kappa shape index (κ2) is 10.9. The van der Waals surface area contributed by atoms with Crippen molar-refractivity contribution >= 4 is 23.5 Å². The molecule has 0 aliphatic heterocycles. The van der Waals surface area contributed by atoms with Crippen LogP contribution in [-0.2, 0) is 0 Å². The molecule has 0 amide bonds. The van der Waals surface area contributed by atoms with Crippen molar-refractivity contribution in [1.29, 1.82) is 0 Å². The quantitative estimate of drug-likeness (QED) is 0.305. The number of thiocarbonyl (C=S) groups is 1. The van der Waals surface area contributed by atoms with E-state index in [9.17, 15) is 0 Å². The highest BCUT2D eigenvalue weighted by atomic mass is 32.1. The molecule has 2 rings (SSSR count). The molecule has 2 aromatic carbocycles. The van der Waals surface area contributed by atoms with E-state index in [1.165, 1.54) is 0 Å². The number of hydrazone groups is 1. The van der Waals surface area contributed by atoms with Crippen molar-refractivity contribution in [3.8, 4) is 17.2 Å². The molecule has 6 nitrogen and oxygen atoms in total. The van der Waals surface area contributed by atoms with Crippen molar-refractivity contribution in [3.05, 3.63) is 54.1 Å². The van der Waals surface area contributed by atoms with E-state index in [0.717, 1.165) is 11.3 Å². The van der Waals surface area contributed by atoms with Crippen LogP contribution in [0.2, 0.25) is 0 Å². The van der Waals surface area contributed by atoms with Crippen molar-refractivity contribution in [2.45, 2.75) is 6.92 Å². The predicted molar refractivity (Wildman–Crippen MR) is 107 cm³/mol. The van der Waals surface area contributed by atoms with Gasteiger partial charge < -0.3 is 19.5 Å².